The highest BCUT2D eigenvalue weighted by Crippen LogP contribution is 2.38. The van der Waals surface area contributed by atoms with Crippen LogP contribution in [0.2, 0.25) is 0 Å². The van der Waals surface area contributed by atoms with E-state index in [1.54, 1.807) is 7.11 Å². The Morgan fingerprint density at radius 3 is 2.34 bits per heavy atom. The van der Waals surface area contributed by atoms with Crippen LogP contribution in [-0.4, -0.2) is 21.9 Å². The molecule has 0 saturated carbocycles. The van der Waals surface area contributed by atoms with Crippen LogP contribution in [0.1, 0.15) is 35.2 Å². The molecule has 0 aliphatic carbocycles. The molecule has 2 heterocycles. The molecule has 0 fully saturated rings. The largest absolute Gasteiger partial charge is 0.497 e. The zero-order valence-electron chi connectivity index (χ0n) is 17.8. The van der Waals surface area contributed by atoms with Gasteiger partial charge < -0.3 is 20.5 Å². The first-order chi connectivity index (χ1) is 15.7. The molecule has 0 spiro atoms. The Labute approximate surface area is 186 Å². The number of anilines is 2. The Morgan fingerprint density at radius 1 is 0.938 bits per heavy atom. The Kier molecular flexibility index (Phi) is 5.37. The summed E-state index contributed by atoms with van der Waals surface area (Å²) in [4.78, 5) is 4.39. The van der Waals surface area contributed by atoms with E-state index in [0.717, 1.165) is 34.6 Å². The van der Waals surface area contributed by atoms with Crippen molar-refractivity contribution in [2.45, 2.75) is 25.1 Å². The maximum atomic E-state index is 5.94. The summed E-state index contributed by atoms with van der Waals surface area (Å²) in [5, 5.41) is 7.90. The molecule has 2 atom stereocenters. The lowest BCUT2D eigenvalue weighted by Crippen LogP contribution is -2.28. The summed E-state index contributed by atoms with van der Waals surface area (Å²) in [7, 11) is 1.67. The third kappa shape index (κ3) is 4.09. The molecule has 1 aliphatic heterocycles. The maximum absolute atomic E-state index is 5.94. The molecule has 5 rings (SSSR count). The van der Waals surface area contributed by atoms with Gasteiger partial charge in [-0.2, -0.15) is 4.98 Å². The van der Waals surface area contributed by atoms with Gasteiger partial charge in [-0.05, 0) is 47.4 Å². The second-order valence-corrected chi connectivity index (χ2v) is 7.80. The van der Waals surface area contributed by atoms with Gasteiger partial charge in [-0.1, -0.05) is 54.6 Å². The Bertz CT molecular complexity index is 1170. The van der Waals surface area contributed by atoms with Crippen molar-refractivity contribution in [1.82, 2.24) is 14.8 Å². The molecule has 32 heavy (non-hydrogen) atoms. The molecule has 7 heteroatoms. The molecule has 0 saturated heterocycles. The second kappa shape index (κ2) is 8.63. The van der Waals surface area contributed by atoms with Crippen molar-refractivity contribution in [2.24, 2.45) is 0 Å². The number of benzene rings is 3. The molecule has 4 aromatic rings. The minimum Gasteiger partial charge on any atom is -0.497 e. The lowest BCUT2D eigenvalue weighted by Gasteiger charge is -2.31. The van der Waals surface area contributed by atoms with E-state index in [0.29, 0.717) is 12.6 Å². The van der Waals surface area contributed by atoms with Crippen molar-refractivity contribution in [3.8, 4) is 11.5 Å². The van der Waals surface area contributed by atoms with Crippen LogP contribution in [0.4, 0.5) is 11.9 Å². The van der Waals surface area contributed by atoms with Gasteiger partial charge in [-0.25, -0.2) is 4.68 Å². The monoisotopic (exact) mass is 427 g/mol. The summed E-state index contributed by atoms with van der Waals surface area (Å²) in [6.45, 7) is 0.539. The number of nitrogens with one attached hydrogen (secondary N) is 1. The maximum Gasteiger partial charge on any atom is 0.241 e. The Morgan fingerprint density at radius 2 is 1.62 bits per heavy atom. The van der Waals surface area contributed by atoms with Crippen LogP contribution in [-0.2, 0) is 6.61 Å². The molecule has 7 nitrogen and oxygen atoms in total. The molecule has 3 aromatic carbocycles. The summed E-state index contributed by atoms with van der Waals surface area (Å²) in [5.41, 5.74) is 9.35. The summed E-state index contributed by atoms with van der Waals surface area (Å²) < 4.78 is 13.1. The van der Waals surface area contributed by atoms with Crippen LogP contribution in [0.5, 0.6) is 11.5 Å². The summed E-state index contributed by atoms with van der Waals surface area (Å²) in [6, 6.07) is 26.5. The number of nitrogen functional groups attached to an aromatic ring is 1. The third-order valence-electron chi connectivity index (χ3n) is 5.74. The number of aromatic nitrogens is 3. The minimum atomic E-state index is 0.00586. The Hall–Kier alpha value is -4.00. The van der Waals surface area contributed by atoms with E-state index in [1.807, 2.05) is 47.1 Å². The van der Waals surface area contributed by atoms with Gasteiger partial charge in [-0.3, -0.25) is 0 Å². The van der Waals surface area contributed by atoms with Gasteiger partial charge in [-0.15, -0.1) is 5.10 Å². The van der Waals surface area contributed by atoms with Crippen LogP contribution >= 0.6 is 0 Å². The highest BCUT2D eigenvalue weighted by Gasteiger charge is 2.30. The number of rotatable bonds is 6. The molecule has 1 aromatic heterocycles. The van der Waals surface area contributed by atoms with E-state index in [1.165, 1.54) is 0 Å². The van der Waals surface area contributed by atoms with E-state index in [9.17, 15) is 0 Å². The van der Waals surface area contributed by atoms with Gasteiger partial charge in [0.25, 0.3) is 0 Å². The van der Waals surface area contributed by atoms with Crippen molar-refractivity contribution >= 4 is 11.9 Å². The van der Waals surface area contributed by atoms with Crippen LogP contribution in [0.25, 0.3) is 0 Å². The molecular formula is C25H25N5O2. The number of hydrogen-bond donors (Lipinski definition) is 2. The van der Waals surface area contributed by atoms with Gasteiger partial charge in [0.15, 0.2) is 0 Å². The average Bonchev–Trinajstić information content (AvgIpc) is 3.23. The fourth-order valence-electron chi connectivity index (χ4n) is 4.05. The van der Waals surface area contributed by atoms with E-state index in [-0.39, 0.29) is 18.0 Å². The van der Waals surface area contributed by atoms with Crippen molar-refractivity contribution in [2.75, 3.05) is 18.2 Å². The fourth-order valence-corrected chi connectivity index (χ4v) is 4.05. The first-order valence-corrected chi connectivity index (χ1v) is 10.6. The standard InChI is InChI=1S/C25H25N5O2/c1-31-20-11-7-18(8-12-20)22-15-23(30-25(27-22)28-24(26)29-30)19-9-13-21(14-10-19)32-16-17-5-3-2-4-6-17/h2-14,22-23H,15-16H2,1H3,(H3,26,27,28,29). The topological polar surface area (TPSA) is 87.2 Å². The van der Waals surface area contributed by atoms with E-state index < -0.39 is 0 Å². The van der Waals surface area contributed by atoms with Gasteiger partial charge in [0.1, 0.15) is 18.1 Å². The van der Waals surface area contributed by atoms with E-state index in [2.05, 4.69) is 51.8 Å². The SMILES string of the molecule is COc1ccc(C2CC(c3ccc(OCc4ccccc4)cc3)n3nc(N)nc3N2)cc1. The van der Waals surface area contributed by atoms with Crippen molar-refractivity contribution in [3.63, 3.8) is 0 Å². The van der Waals surface area contributed by atoms with E-state index in [4.69, 9.17) is 15.2 Å². The van der Waals surface area contributed by atoms with Gasteiger partial charge in [0.2, 0.25) is 11.9 Å². The van der Waals surface area contributed by atoms with Crippen LogP contribution < -0.4 is 20.5 Å². The zero-order valence-corrected chi connectivity index (χ0v) is 17.8. The molecule has 2 unspecified atom stereocenters. The first kappa shape index (κ1) is 19.9. The predicted molar refractivity (Wildman–Crippen MR) is 124 cm³/mol. The highest BCUT2D eigenvalue weighted by atomic mass is 16.5. The number of ether oxygens (including phenoxy) is 2. The molecule has 3 N–H and O–H groups in total. The normalized spacial score (nSPS) is 17.3. The molecule has 1 aliphatic rings. The molecule has 0 amide bonds. The molecule has 0 bridgehead atoms. The predicted octanol–water partition coefficient (Wildman–Crippen LogP) is 4.59. The fraction of sp³-hybridized carbons (Fsp3) is 0.200. The van der Waals surface area contributed by atoms with E-state index >= 15 is 0 Å². The number of hydrogen-bond acceptors (Lipinski definition) is 6. The lowest BCUT2D eigenvalue weighted by molar-refractivity contribution is 0.306. The Balaban J connectivity index is 1.37. The molecular weight excluding hydrogens is 402 g/mol. The number of fused-ring (bicyclic) bond motifs is 1. The summed E-state index contributed by atoms with van der Waals surface area (Å²) in [5.74, 6) is 2.59. The average molecular weight is 428 g/mol. The van der Waals surface area contributed by atoms with Gasteiger partial charge in [0.05, 0.1) is 19.2 Å². The van der Waals surface area contributed by atoms with Crippen molar-refractivity contribution in [3.05, 3.63) is 95.6 Å². The van der Waals surface area contributed by atoms with Crippen molar-refractivity contribution < 1.29 is 9.47 Å². The number of nitrogens with two attached hydrogens (primary N) is 1. The quantitative estimate of drug-likeness (QED) is 0.468. The van der Waals surface area contributed by atoms with Gasteiger partial charge >= 0.3 is 0 Å². The highest BCUT2D eigenvalue weighted by molar-refractivity contribution is 5.43. The van der Waals surface area contributed by atoms with Crippen LogP contribution in [0.3, 0.4) is 0 Å². The van der Waals surface area contributed by atoms with Crippen LogP contribution in [0.15, 0.2) is 78.9 Å². The molecule has 0 radical (unpaired) electrons. The smallest absolute Gasteiger partial charge is 0.241 e. The van der Waals surface area contributed by atoms with Gasteiger partial charge in [0, 0.05) is 0 Å². The second-order valence-electron chi connectivity index (χ2n) is 7.80. The first-order valence-electron chi connectivity index (χ1n) is 10.6. The number of methoxy groups -OCH3 is 1. The molecule has 162 valence electrons. The van der Waals surface area contributed by atoms with Crippen LogP contribution in [0, 0.1) is 0 Å². The minimum absolute atomic E-state index is 0.00586. The third-order valence-corrected chi connectivity index (χ3v) is 5.74. The zero-order chi connectivity index (χ0) is 21.9. The lowest BCUT2D eigenvalue weighted by atomic mass is 9.93. The summed E-state index contributed by atoms with van der Waals surface area (Å²) in [6.07, 6.45) is 0.812. The number of nitrogens with zero attached hydrogens (tertiary/aromatic N) is 3. The van der Waals surface area contributed by atoms with Crippen molar-refractivity contribution in [1.29, 1.82) is 0 Å². The summed E-state index contributed by atoms with van der Waals surface area (Å²) >= 11 is 0.